The quantitative estimate of drug-likeness (QED) is 0.620. The first-order valence-corrected chi connectivity index (χ1v) is 7.07. The first-order chi connectivity index (χ1) is 6.23. The van der Waals surface area contributed by atoms with Crippen LogP contribution in [-0.4, -0.2) is 40.5 Å². The SMILES string of the molecule is CC(C)S(=O)(=O)OC1COS(=O)(=O)C1. The largest absolute Gasteiger partial charge is 0.270 e. The average Bonchev–Trinajstić information content (AvgIpc) is 2.28. The van der Waals surface area contributed by atoms with Crippen molar-refractivity contribution >= 4 is 20.2 Å². The van der Waals surface area contributed by atoms with Crippen LogP contribution in [0.3, 0.4) is 0 Å². The molecule has 1 fully saturated rings. The fraction of sp³-hybridized carbons (Fsp3) is 1.00. The maximum absolute atomic E-state index is 11.2. The Labute approximate surface area is 83.5 Å². The minimum absolute atomic E-state index is 0.228. The molecule has 0 radical (unpaired) electrons. The minimum Gasteiger partial charge on any atom is -0.267 e. The Morgan fingerprint density at radius 1 is 1.43 bits per heavy atom. The molecule has 0 aliphatic carbocycles. The van der Waals surface area contributed by atoms with Crippen LogP contribution in [0.25, 0.3) is 0 Å². The van der Waals surface area contributed by atoms with Gasteiger partial charge in [-0.25, -0.2) is 0 Å². The summed E-state index contributed by atoms with van der Waals surface area (Å²) in [5.41, 5.74) is 0. The van der Waals surface area contributed by atoms with Crippen LogP contribution in [0.4, 0.5) is 0 Å². The van der Waals surface area contributed by atoms with E-state index in [4.69, 9.17) is 0 Å². The summed E-state index contributed by atoms with van der Waals surface area (Å²) in [6, 6.07) is 0. The summed E-state index contributed by atoms with van der Waals surface area (Å²) in [6.07, 6.45) is -0.910. The van der Waals surface area contributed by atoms with Gasteiger partial charge in [-0.15, -0.1) is 0 Å². The molecule has 1 saturated heterocycles. The Hall–Kier alpha value is -0.180. The molecule has 0 aromatic heterocycles. The molecule has 0 spiro atoms. The molecule has 1 unspecified atom stereocenters. The van der Waals surface area contributed by atoms with E-state index < -0.39 is 37.3 Å². The summed E-state index contributed by atoms with van der Waals surface area (Å²) in [7, 11) is -7.26. The lowest BCUT2D eigenvalue weighted by atomic mass is 10.5. The van der Waals surface area contributed by atoms with Crippen molar-refractivity contribution in [2.24, 2.45) is 0 Å². The van der Waals surface area contributed by atoms with Crippen molar-refractivity contribution in [3.63, 3.8) is 0 Å². The van der Waals surface area contributed by atoms with Crippen LogP contribution in [0.15, 0.2) is 0 Å². The highest BCUT2D eigenvalue weighted by molar-refractivity contribution is 7.88. The molecule has 1 atom stereocenters. The van der Waals surface area contributed by atoms with Crippen LogP contribution in [0, 0.1) is 0 Å². The molecule has 6 nitrogen and oxygen atoms in total. The van der Waals surface area contributed by atoms with Gasteiger partial charge in [0.1, 0.15) is 11.9 Å². The van der Waals surface area contributed by atoms with Crippen molar-refractivity contribution in [2.75, 3.05) is 12.4 Å². The highest BCUT2D eigenvalue weighted by Crippen LogP contribution is 2.15. The zero-order chi connectivity index (χ0) is 11.0. The lowest BCUT2D eigenvalue weighted by Crippen LogP contribution is -2.26. The maximum Gasteiger partial charge on any atom is 0.270 e. The second-order valence-corrected chi connectivity index (χ2v) is 7.07. The van der Waals surface area contributed by atoms with Crippen LogP contribution in [-0.2, 0) is 28.6 Å². The zero-order valence-electron chi connectivity index (χ0n) is 7.83. The Kier molecular flexibility index (Phi) is 3.20. The summed E-state index contributed by atoms with van der Waals surface area (Å²) in [5.74, 6) is -0.404. The van der Waals surface area contributed by atoms with Crippen molar-refractivity contribution in [3.8, 4) is 0 Å². The standard InChI is InChI=1S/C6H12O6S2/c1-5(2)14(9,10)12-6-3-11-13(7,8)4-6/h5-6H,3-4H2,1-2H3. The Bertz CT molecular complexity index is 392. The van der Waals surface area contributed by atoms with Crippen LogP contribution in [0.5, 0.6) is 0 Å². The predicted molar refractivity (Wildman–Crippen MR) is 48.7 cm³/mol. The van der Waals surface area contributed by atoms with Crippen molar-refractivity contribution in [2.45, 2.75) is 25.2 Å². The summed E-state index contributed by atoms with van der Waals surface area (Å²) >= 11 is 0. The van der Waals surface area contributed by atoms with E-state index in [0.29, 0.717) is 0 Å². The van der Waals surface area contributed by atoms with Crippen LogP contribution in [0.2, 0.25) is 0 Å². The molecule has 0 saturated carbocycles. The van der Waals surface area contributed by atoms with E-state index in [-0.39, 0.29) is 6.61 Å². The topological polar surface area (TPSA) is 86.7 Å². The van der Waals surface area contributed by atoms with Gasteiger partial charge in [-0.3, -0.25) is 8.37 Å². The predicted octanol–water partition coefficient (Wildman–Crippen LogP) is -0.530. The number of hydrogen-bond acceptors (Lipinski definition) is 6. The van der Waals surface area contributed by atoms with Gasteiger partial charge in [-0.2, -0.15) is 16.8 Å². The highest BCUT2D eigenvalue weighted by atomic mass is 32.2. The van der Waals surface area contributed by atoms with Crippen LogP contribution in [0.1, 0.15) is 13.8 Å². The first kappa shape index (κ1) is 11.9. The molecule has 1 rings (SSSR count). The molecule has 0 N–H and O–H groups in total. The van der Waals surface area contributed by atoms with Gasteiger partial charge in [0.25, 0.3) is 20.2 Å². The average molecular weight is 244 g/mol. The first-order valence-electron chi connectivity index (χ1n) is 4.02. The molecule has 84 valence electrons. The van der Waals surface area contributed by atoms with Crippen molar-refractivity contribution in [1.82, 2.24) is 0 Å². The summed E-state index contributed by atoms with van der Waals surface area (Å²) in [5, 5.41) is -0.689. The van der Waals surface area contributed by atoms with E-state index in [1.165, 1.54) is 13.8 Å². The lowest BCUT2D eigenvalue weighted by molar-refractivity contribution is 0.184. The third-order valence-electron chi connectivity index (χ3n) is 1.67. The zero-order valence-corrected chi connectivity index (χ0v) is 9.47. The molecule has 1 aliphatic rings. The van der Waals surface area contributed by atoms with E-state index in [0.717, 1.165) is 0 Å². The van der Waals surface area contributed by atoms with Gasteiger partial charge in [0.2, 0.25) is 0 Å². The van der Waals surface area contributed by atoms with Gasteiger partial charge in [-0.1, -0.05) is 0 Å². The van der Waals surface area contributed by atoms with E-state index >= 15 is 0 Å². The Morgan fingerprint density at radius 3 is 2.36 bits per heavy atom. The molecule has 14 heavy (non-hydrogen) atoms. The van der Waals surface area contributed by atoms with E-state index in [9.17, 15) is 16.8 Å². The van der Waals surface area contributed by atoms with E-state index in [1.807, 2.05) is 0 Å². The van der Waals surface area contributed by atoms with E-state index in [2.05, 4.69) is 8.37 Å². The molecule has 1 aliphatic heterocycles. The molecular formula is C6H12O6S2. The second-order valence-electron chi connectivity index (χ2n) is 3.27. The molecule has 8 heteroatoms. The monoisotopic (exact) mass is 244 g/mol. The highest BCUT2D eigenvalue weighted by Gasteiger charge is 2.34. The third kappa shape index (κ3) is 2.91. The number of rotatable bonds is 3. The third-order valence-corrected chi connectivity index (χ3v) is 4.64. The minimum atomic E-state index is -3.68. The fourth-order valence-electron chi connectivity index (χ4n) is 0.860. The maximum atomic E-state index is 11.2. The van der Waals surface area contributed by atoms with Gasteiger partial charge in [0.15, 0.2) is 0 Å². The number of hydrogen-bond donors (Lipinski definition) is 0. The van der Waals surface area contributed by atoms with Crippen LogP contribution < -0.4 is 0 Å². The van der Waals surface area contributed by atoms with Crippen molar-refractivity contribution in [1.29, 1.82) is 0 Å². The molecule has 1 heterocycles. The molecule has 0 amide bonds. The Balaban J connectivity index is 2.65. The molecule has 0 aromatic rings. The van der Waals surface area contributed by atoms with Crippen molar-refractivity contribution < 1.29 is 25.2 Å². The van der Waals surface area contributed by atoms with Crippen LogP contribution >= 0.6 is 0 Å². The summed E-state index contributed by atoms with van der Waals surface area (Å²) in [6.45, 7) is 2.69. The van der Waals surface area contributed by atoms with Crippen molar-refractivity contribution in [3.05, 3.63) is 0 Å². The summed E-state index contributed by atoms with van der Waals surface area (Å²) < 4.78 is 53.1. The van der Waals surface area contributed by atoms with Gasteiger partial charge in [0, 0.05) is 0 Å². The second kappa shape index (κ2) is 3.76. The van der Waals surface area contributed by atoms with E-state index in [1.54, 1.807) is 0 Å². The van der Waals surface area contributed by atoms with Gasteiger partial charge < -0.3 is 0 Å². The normalized spacial score (nSPS) is 26.9. The van der Waals surface area contributed by atoms with Gasteiger partial charge in [0.05, 0.1) is 11.9 Å². The summed E-state index contributed by atoms with van der Waals surface area (Å²) in [4.78, 5) is 0. The molecule has 0 aromatic carbocycles. The van der Waals surface area contributed by atoms with Gasteiger partial charge in [-0.05, 0) is 13.8 Å². The van der Waals surface area contributed by atoms with Gasteiger partial charge >= 0.3 is 0 Å². The lowest BCUT2D eigenvalue weighted by Gasteiger charge is -2.11. The molecule has 0 bridgehead atoms. The smallest absolute Gasteiger partial charge is 0.267 e. The fourth-order valence-corrected chi connectivity index (χ4v) is 2.75. The Morgan fingerprint density at radius 2 is 2.00 bits per heavy atom. The molecular weight excluding hydrogens is 232 g/mol.